The summed E-state index contributed by atoms with van der Waals surface area (Å²) in [5, 5.41) is 0. The largest absolute Gasteiger partial charge is 0.378 e. The highest BCUT2D eigenvalue weighted by Gasteiger charge is 2.19. The van der Waals surface area contributed by atoms with Crippen LogP contribution in [-0.2, 0) is 16.0 Å². The van der Waals surface area contributed by atoms with Crippen LogP contribution >= 0.6 is 0 Å². The van der Waals surface area contributed by atoms with Crippen LogP contribution in [0.1, 0.15) is 12.0 Å². The minimum atomic E-state index is -0.894. The zero-order chi connectivity index (χ0) is 14.5. The Morgan fingerprint density at radius 2 is 2.00 bits per heavy atom. The van der Waals surface area contributed by atoms with Gasteiger partial charge in [-0.05, 0) is 24.1 Å². The van der Waals surface area contributed by atoms with E-state index in [1.54, 1.807) is 4.90 Å². The summed E-state index contributed by atoms with van der Waals surface area (Å²) >= 11 is 0. The third-order valence-electron chi connectivity index (χ3n) is 3.28. The molecule has 6 heteroatoms. The van der Waals surface area contributed by atoms with Gasteiger partial charge >= 0.3 is 0 Å². The SMILES string of the molecule is NC(CC(=O)N1CCOCC1)Cc1ccc(F)c(F)c1. The van der Waals surface area contributed by atoms with E-state index in [0.717, 1.165) is 12.1 Å². The number of benzene rings is 1. The van der Waals surface area contributed by atoms with Crippen molar-refractivity contribution < 1.29 is 18.3 Å². The molecule has 0 saturated carbocycles. The molecular formula is C14H18F2N2O2. The van der Waals surface area contributed by atoms with Gasteiger partial charge in [0, 0.05) is 25.6 Å². The molecule has 1 aliphatic heterocycles. The Morgan fingerprint density at radius 3 is 2.65 bits per heavy atom. The van der Waals surface area contributed by atoms with Crippen LogP contribution in [0.15, 0.2) is 18.2 Å². The Morgan fingerprint density at radius 1 is 1.30 bits per heavy atom. The van der Waals surface area contributed by atoms with Gasteiger partial charge in [-0.3, -0.25) is 4.79 Å². The summed E-state index contributed by atoms with van der Waals surface area (Å²) in [6.45, 7) is 2.25. The molecule has 1 amide bonds. The van der Waals surface area contributed by atoms with E-state index in [-0.39, 0.29) is 12.3 Å². The summed E-state index contributed by atoms with van der Waals surface area (Å²) in [5.41, 5.74) is 6.50. The van der Waals surface area contributed by atoms with Gasteiger partial charge in [0.1, 0.15) is 0 Å². The molecule has 1 aromatic rings. The van der Waals surface area contributed by atoms with E-state index in [1.807, 2.05) is 0 Å². The maximum absolute atomic E-state index is 13.1. The Kier molecular flexibility index (Phi) is 5.03. The lowest BCUT2D eigenvalue weighted by atomic mass is 10.0. The van der Waals surface area contributed by atoms with E-state index in [2.05, 4.69) is 0 Å². The van der Waals surface area contributed by atoms with Crippen LogP contribution in [-0.4, -0.2) is 43.2 Å². The van der Waals surface area contributed by atoms with E-state index in [1.165, 1.54) is 6.07 Å². The van der Waals surface area contributed by atoms with Gasteiger partial charge < -0.3 is 15.4 Å². The molecule has 0 aliphatic carbocycles. The third-order valence-corrected chi connectivity index (χ3v) is 3.28. The third kappa shape index (κ3) is 3.98. The van der Waals surface area contributed by atoms with Crippen LogP contribution in [0.5, 0.6) is 0 Å². The van der Waals surface area contributed by atoms with E-state index in [0.29, 0.717) is 38.3 Å². The predicted molar refractivity (Wildman–Crippen MR) is 70.1 cm³/mol. The molecule has 2 rings (SSSR count). The van der Waals surface area contributed by atoms with E-state index in [9.17, 15) is 13.6 Å². The lowest BCUT2D eigenvalue weighted by Gasteiger charge is -2.27. The van der Waals surface area contributed by atoms with Crippen molar-refractivity contribution in [1.82, 2.24) is 4.90 Å². The summed E-state index contributed by atoms with van der Waals surface area (Å²) in [7, 11) is 0. The van der Waals surface area contributed by atoms with Crippen molar-refractivity contribution in [2.45, 2.75) is 18.9 Å². The second-order valence-corrected chi connectivity index (χ2v) is 4.91. The van der Waals surface area contributed by atoms with Crippen LogP contribution in [0.25, 0.3) is 0 Å². The van der Waals surface area contributed by atoms with Gasteiger partial charge in [-0.25, -0.2) is 8.78 Å². The molecule has 2 N–H and O–H groups in total. The molecule has 1 aliphatic rings. The Balaban J connectivity index is 1.86. The Hall–Kier alpha value is -1.53. The lowest BCUT2D eigenvalue weighted by Crippen LogP contribution is -2.43. The number of ether oxygens (including phenoxy) is 1. The minimum Gasteiger partial charge on any atom is -0.378 e. The number of halogens is 2. The van der Waals surface area contributed by atoms with Gasteiger partial charge in [-0.15, -0.1) is 0 Å². The molecule has 0 aromatic heterocycles. The molecule has 0 radical (unpaired) electrons. The van der Waals surface area contributed by atoms with Gasteiger partial charge in [0.05, 0.1) is 13.2 Å². The van der Waals surface area contributed by atoms with Gasteiger partial charge in [0.25, 0.3) is 0 Å². The first kappa shape index (κ1) is 14.9. The van der Waals surface area contributed by atoms with Crippen molar-refractivity contribution in [2.24, 2.45) is 5.73 Å². The second kappa shape index (κ2) is 6.76. The Labute approximate surface area is 116 Å². The van der Waals surface area contributed by atoms with Gasteiger partial charge in [-0.1, -0.05) is 6.07 Å². The van der Waals surface area contributed by atoms with Crippen LogP contribution in [0.4, 0.5) is 8.78 Å². The zero-order valence-electron chi connectivity index (χ0n) is 11.1. The number of amides is 1. The fourth-order valence-corrected chi connectivity index (χ4v) is 2.21. The maximum Gasteiger partial charge on any atom is 0.224 e. The Bertz CT molecular complexity index is 476. The monoisotopic (exact) mass is 284 g/mol. The van der Waals surface area contributed by atoms with Crippen LogP contribution in [0.2, 0.25) is 0 Å². The number of hydrogen-bond acceptors (Lipinski definition) is 3. The molecule has 0 spiro atoms. The first-order chi connectivity index (χ1) is 9.56. The van der Waals surface area contributed by atoms with E-state index in [4.69, 9.17) is 10.5 Å². The average molecular weight is 284 g/mol. The molecule has 1 heterocycles. The average Bonchev–Trinajstić information content (AvgIpc) is 2.44. The summed E-state index contributed by atoms with van der Waals surface area (Å²) < 4.78 is 31.1. The number of carbonyl (C=O) groups is 1. The number of morpholine rings is 1. The smallest absolute Gasteiger partial charge is 0.224 e. The molecule has 1 aromatic carbocycles. The number of rotatable bonds is 4. The maximum atomic E-state index is 13.1. The highest BCUT2D eigenvalue weighted by Crippen LogP contribution is 2.12. The quantitative estimate of drug-likeness (QED) is 0.900. The van der Waals surface area contributed by atoms with E-state index >= 15 is 0 Å². The van der Waals surface area contributed by atoms with Crippen molar-refractivity contribution in [1.29, 1.82) is 0 Å². The molecular weight excluding hydrogens is 266 g/mol. The summed E-state index contributed by atoms with van der Waals surface area (Å²) in [4.78, 5) is 13.7. The van der Waals surface area contributed by atoms with Gasteiger partial charge in [-0.2, -0.15) is 0 Å². The number of nitrogens with two attached hydrogens (primary N) is 1. The molecule has 1 unspecified atom stereocenters. The standard InChI is InChI=1S/C14H18F2N2O2/c15-12-2-1-10(8-13(12)16)7-11(17)9-14(19)18-3-5-20-6-4-18/h1-2,8,11H,3-7,9,17H2. The van der Waals surface area contributed by atoms with Crippen LogP contribution < -0.4 is 5.73 Å². The fourth-order valence-electron chi connectivity index (χ4n) is 2.21. The van der Waals surface area contributed by atoms with Gasteiger partial charge in [0.15, 0.2) is 11.6 Å². The van der Waals surface area contributed by atoms with Crippen molar-refractivity contribution in [3.63, 3.8) is 0 Å². The van der Waals surface area contributed by atoms with Crippen molar-refractivity contribution >= 4 is 5.91 Å². The first-order valence-corrected chi connectivity index (χ1v) is 6.61. The summed E-state index contributed by atoms with van der Waals surface area (Å²) in [5.74, 6) is -1.80. The molecule has 110 valence electrons. The minimum absolute atomic E-state index is 0.0246. The second-order valence-electron chi connectivity index (χ2n) is 4.91. The number of carbonyl (C=O) groups excluding carboxylic acids is 1. The van der Waals surface area contributed by atoms with Crippen LogP contribution in [0.3, 0.4) is 0 Å². The normalized spacial score (nSPS) is 17.1. The van der Waals surface area contributed by atoms with Crippen molar-refractivity contribution in [3.05, 3.63) is 35.4 Å². The number of hydrogen-bond donors (Lipinski definition) is 1. The van der Waals surface area contributed by atoms with E-state index < -0.39 is 17.7 Å². The molecule has 1 atom stereocenters. The lowest BCUT2D eigenvalue weighted by molar-refractivity contribution is -0.135. The number of nitrogens with zero attached hydrogens (tertiary/aromatic N) is 1. The molecule has 1 saturated heterocycles. The summed E-state index contributed by atoms with van der Waals surface area (Å²) in [6.07, 6.45) is 0.534. The molecule has 4 nitrogen and oxygen atoms in total. The molecule has 20 heavy (non-hydrogen) atoms. The molecule has 1 fully saturated rings. The predicted octanol–water partition coefficient (Wildman–Crippen LogP) is 1.08. The highest BCUT2D eigenvalue weighted by molar-refractivity contribution is 5.76. The van der Waals surface area contributed by atoms with Gasteiger partial charge in [0.2, 0.25) is 5.91 Å². The first-order valence-electron chi connectivity index (χ1n) is 6.61. The zero-order valence-corrected chi connectivity index (χ0v) is 11.1. The van der Waals surface area contributed by atoms with Crippen molar-refractivity contribution in [3.8, 4) is 0 Å². The molecule has 0 bridgehead atoms. The van der Waals surface area contributed by atoms with Crippen LogP contribution in [0, 0.1) is 11.6 Å². The van der Waals surface area contributed by atoms with Crippen molar-refractivity contribution in [2.75, 3.05) is 26.3 Å². The summed E-state index contributed by atoms with van der Waals surface area (Å²) in [6, 6.07) is 3.27. The highest BCUT2D eigenvalue weighted by atomic mass is 19.2. The fraction of sp³-hybridized carbons (Fsp3) is 0.500. The topological polar surface area (TPSA) is 55.6 Å².